The van der Waals surface area contributed by atoms with Crippen molar-refractivity contribution in [3.8, 4) is 6.07 Å². The normalized spacial score (nSPS) is 32.8. The Hall–Kier alpha value is -2.01. The quantitative estimate of drug-likeness (QED) is 0.713. The lowest BCUT2D eigenvalue weighted by Crippen LogP contribution is -2.55. The molecule has 0 aromatic carbocycles. The van der Waals surface area contributed by atoms with Crippen LogP contribution in [0.25, 0.3) is 0 Å². The molecule has 4 unspecified atom stereocenters. The topological polar surface area (TPSA) is 95.1 Å². The first-order valence-corrected chi connectivity index (χ1v) is 12.1. The van der Waals surface area contributed by atoms with Crippen LogP contribution in [-0.2, 0) is 11.2 Å². The first-order valence-electron chi connectivity index (χ1n) is 12.1. The van der Waals surface area contributed by atoms with E-state index >= 15 is 0 Å². The van der Waals surface area contributed by atoms with E-state index in [0.29, 0.717) is 11.8 Å². The lowest BCUT2D eigenvalue weighted by molar-refractivity contribution is -0.131. The highest BCUT2D eigenvalue weighted by molar-refractivity contribution is 5.79. The molecule has 0 spiro atoms. The first kappa shape index (κ1) is 23.2. The number of likely N-dealkylation sites (tertiary alicyclic amines) is 1. The molecule has 8 heteroatoms. The van der Waals surface area contributed by atoms with Gasteiger partial charge in [-0.2, -0.15) is 10.2 Å². The molecule has 1 aromatic heterocycles. The number of carbonyl (C=O) groups is 1. The summed E-state index contributed by atoms with van der Waals surface area (Å²) >= 11 is 0. The molecule has 4 rings (SSSR count). The number of alkyl halides is 1. The summed E-state index contributed by atoms with van der Waals surface area (Å²) in [5.74, 6) is 2.15. The first-order chi connectivity index (χ1) is 15.2. The van der Waals surface area contributed by atoms with Crippen LogP contribution in [-0.4, -0.2) is 51.8 Å². The molecular formula is C24H36FN5O2. The Kier molecular flexibility index (Phi) is 6.58. The summed E-state index contributed by atoms with van der Waals surface area (Å²) in [7, 11) is 0. The minimum atomic E-state index is -1.11. The van der Waals surface area contributed by atoms with Crippen LogP contribution in [0.1, 0.15) is 89.8 Å². The SMILES string of the molecule is CC1(NCC(=O)N2CC(F)CC2C#N)CCC(Cc2noc(C3CCCCC3)n2)C1(C)C. The molecule has 2 saturated carbocycles. The van der Waals surface area contributed by atoms with Crippen LogP contribution < -0.4 is 5.32 Å². The molecule has 3 fully saturated rings. The fourth-order valence-electron chi connectivity index (χ4n) is 5.91. The second-order valence-corrected chi connectivity index (χ2v) is 10.8. The molecule has 32 heavy (non-hydrogen) atoms. The highest BCUT2D eigenvalue weighted by Crippen LogP contribution is 2.51. The van der Waals surface area contributed by atoms with E-state index < -0.39 is 12.2 Å². The van der Waals surface area contributed by atoms with Crippen LogP contribution in [0, 0.1) is 22.7 Å². The van der Waals surface area contributed by atoms with E-state index in [2.05, 4.69) is 37.3 Å². The van der Waals surface area contributed by atoms with Gasteiger partial charge in [-0.05, 0) is 43.9 Å². The van der Waals surface area contributed by atoms with Crippen molar-refractivity contribution in [3.63, 3.8) is 0 Å². The van der Waals surface area contributed by atoms with Gasteiger partial charge in [-0.15, -0.1) is 0 Å². The minimum absolute atomic E-state index is 0.0165. The van der Waals surface area contributed by atoms with Gasteiger partial charge in [0.1, 0.15) is 12.2 Å². The average Bonchev–Trinajstić information content (AvgIpc) is 3.46. The molecular weight excluding hydrogens is 409 g/mol. The second-order valence-electron chi connectivity index (χ2n) is 10.8. The molecule has 2 aliphatic carbocycles. The summed E-state index contributed by atoms with van der Waals surface area (Å²) < 4.78 is 19.3. The summed E-state index contributed by atoms with van der Waals surface area (Å²) in [6.07, 6.45) is 7.75. The van der Waals surface area contributed by atoms with E-state index in [9.17, 15) is 14.4 Å². The third-order valence-corrected chi connectivity index (χ3v) is 8.65. The van der Waals surface area contributed by atoms with Crippen molar-refractivity contribution in [1.29, 1.82) is 5.26 Å². The van der Waals surface area contributed by atoms with E-state index in [4.69, 9.17) is 9.51 Å². The van der Waals surface area contributed by atoms with Crippen molar-refractivity contribution in [2.75, 3.05) is 13.1 Å². The Balaban J connectivity index is 1.36. The van der Waals surface area contributed by atoms with Gasteiger partial charge in [0.05, 0.1) is 19.2 Å². The lowest BCUT2D eigenvalue weighted by Gasteiger charge is -2.42. The van der Waals surface area contributed by atoms with Gasteiger partial charge in [0.25, 0.3) is 0 Å². The number of nitriles is 1. The second kappa shape index (κ2) is 9.09. The molecule has 3 aliphatic rings. The van der Waals surface area contributed by atoms with Gasteiger partial charge in [-0.1, -0.05) is 38.3 Å². The van der Waals surface area contributed by atoms with Gasteiger partial charge in [-0.25, -0.2) is 4.39 Å². The van der Waals surface area contributed by atoms with E-state index in [1.54, 1.807) is 0 Å². The molecule has 7 nitrogen and oxygen atoms in total. The number of nitrogens with one attached hydrogen (secondary N) is 1. The van der Waals surface area contributed by atoms with Crippen molar-refractivity contribution in [2.24, 2.45) is 11.3 Å². The zero-order valence-electron chi connectivity index (χ0n) is 19.6. The maximum absolute atomic E-state index is 13.7. The van der Waals surface area contributed by atoms with Gasteiger partial charge in [0.2, 0.25) is 11.8 Å². The molecule has 0 radical (unpaired) electrons. The molecule has 2 heterocycles. The number of rotatable bonds is 6. The highest BCUT2D eigenvalue weighted by atomic mass is 19.1. The van der Waals surface area contributed by atoms with Crippen LogP contribution in [0.4, 0.5) is 4.39 Å². The summed E-state index contributed by atoms with van der Waals surface area (Å²) in [6, 6.07) is 1.39. The van der Waals surface area contributed by atoms with Gasteiger partial charge in [0.15, 0.2) is 5.82 Å². The minimum Gasteiger partial charge on any atom is -0.339 e. The Morgan fingerprint density at radius 2 is 2.03 bits per heavy atom. The van der Waals surface area contributed by atoms with Gasteiger partial charge >= 0.3 is 0 Å². The smallest absolute Gasteiger partial charge is 0.237 e. The number of carbonyl (C=O) groups excluding carboxylic acids is 1. The molecule has 176 valence electrons. The van der Waals surface area contributed by atoms with E-state index in [-0.39, 0.29) is 36.4 Å². The molecule has 1 amide bonds. The predicted molar refractivity (Wildman–Crippen MR) is 117 cm³/mol. The maximum atomic E-state index is 13.7. The van der Waals surface area contributed by atoms with E-state index in [1.807, 2.05) is 0 Å². The molecule has 1 N–H and O–H groups in total. The van der Waals surface area contributed by atoms with Crippen molar-refractivity contribution >= 4 is 5.91 Å². The summed E-state index contributed by atoms with van der Waals surface area (Å²) in [6.45, 7) is 6.76. The number of hydrogen-bond donors (Lipinski definition) is 1. The summed E-state index contributed by atoms with van der Waals surface area (Å²) in [5.41, 5.74) is -0.346. The zero-order chi connectivity index (χ0) is 22.9. The number of halogens is 1. The van der Waals surface area contributed by atoms with Crippen molar-refractivity contribution in [2.45, 2.75) is 102 Å². The average molecular weight is 446 g/mol. The number of aromatic nitrogens is 2. The molecule has 1 aromatic rings. The molecule has 1 aliphatic heterocycles. The molecule has 0 bridgehead atoms. The number of hydrogen-bond acceptors (Lipinski definition) is 6. The number of nitrogens with zero attached hydrogens (tertiary/aromatic N) is 4. The fraction of sp³-hybridized carbons (Fsp3) is 0.833. The lowest BCUT2D eigenvalue weighted by atomic mass is 9.70. The Morgan fingerprint density at radius 3 is 2.75 bits per heavy atom. The van der Waals surface area contributed by atoms with Gasteiger partial charge in [-0.3, -0.25) is 4.79 Å². The van der Waals surface area contributed by atoms with Crippen LogP contribution in [0.2, 0.25) is 0 Å². The maximum Gasteiger partial charge on any atom is 0.237 e. The summed E-state index contributed by atoms with van der Waals surface area (Å²) in [4.78, 5) is 18.8. The van der Waals surface area contributed by atoms with E-state index in [0.717, 1.165) is 43.8 Å². The fourth-order valence-corrected chi connectivity index (χ4v) is 5.91. The van der Waals surface area contributed by atoms with Crippen LogP contribution >= 0.6 is 0 Å². The molecule has 4 atom stereocenters. The highest BCUT2D eigenvalue weighted by Gasteiger charge is 2.51. The predicted octanol–water partition coefficient (Wildman–Crippen LogP) is 3.91. The third-order valence-electron chi connectivity index (χ3n) is 8.65. The van der Waals surface area contributed by atoms with Crippen LogP contribution in [0.5, 0.6) is 0 Å². The van der Waals surface area contributed by atoms with Crippen molar-refractivity contribution < 1.29 is 13.7 Å². The third kappa shape index (κ3) is 4.41. The monoisotopic (exact) mass is 445 g/mol. The van der Waals surface area contributed by atoms with Gasteiger partial charge in [0, 0.05) is 24.3 Å². The van der Waals surface area contributed by atoms with Crippen LogP contribution in [0.3, 0.4) is 0 Å². The molecule has 1 saturated heterocycles. The van der Waals surface area contributed by atoms with Crippen molar-refractivity contribution in [1.82, 2.24) is 20.4 Å². The standard InChI is InChI=1S/C24H36FN5O2/c1-23(2)17(11-20-28-22(32-29-20)16-7-5-4-6-8-16)9-10-24(23,3)27-14-21(31)30-15-18(25)12-19(30)13-26/h16-19,27H,4-12,14-15H2,1-3H3. The van der Waals surface area contributed by atoms with E-state index in [1.165, 1.54) is 24.2 Å². The van der Waals surface area contributed by atoms with Crippen molar-refractivity contribution in [3.05, 3.63) is 11.7 Å². The zero-order valence-corrected chi connectivity index (χ0v) is 19.6. The Bertz CT molecular complexity index is 859. The Morgan fingerprint density at radius 1 is 1.28 bits per heavy atom. The number of amides is 1. The van der Waals surface area contributed by atoms with Gasteiger partial charge < -0.3 is 14.7 Å². The Labute approximate surface area is 190 Å². The summed E-state index contributed by atoms with van der Waals surface area (Å²) in [5, 5.41) is 17.0. The largest absolute Gasteiger partial charge is 0.339 e. The van der Waals surface area contributed by atoms with Crippen LogP contribution in [0.15, 0.2) is 4.52 Å².